The summed E-state index contributed by atoms with van der Waals surface area (Å²) < 4.78 is 0. The van der Waals surface area contributed by atoms with Crippen LogP contribution in [0.15, 0.2) is 48.5 Å². The van der Waals surface area contributed by atoms with E-state index in [1.807, 2.05) is 24.3 Å². The van der Waals surface area contributed by atoms with E-state index in [1.54, 1.807) is 0 Å². The molecule has 0 amide bonds. The molecule has 2 nitrogen and oxygen atoms in total. The highest BCUT2D eigenvalue weighted by Crippen LogP contribution is 2.30. The van der Waals surface area contributed by atoms with E-state index < -0.39 is 6.10 Å². The van der Waals surface area contributed by atoms with Gasteiger partial charge in [0.15, 0.2) is 0 Å². The van der Waals surface area contributed by atoms with Gasteiger partial charge in [-0.05, 0) is 58.4 Å². The van der Waals surface area contributed by atoms with Crippen molar-refractivity contribution in [3.05, 3.63) is 59.1 Å². The zero-order valence-corrected chi connectivity index (χ0v) is 14.3. The summed E-state index contributed by atoms with van der Waals surface area (Å²) in [4.78, 5) is 2.23. The summed E-state index contributed by atoms with van der Waals surface area (Å²) in [6.45, 7) is 6.78. The highest BCUT2D eigenvalue weighted by Gasteiger charge is 2.12. The Balaban J connectivity index is 2.06. The third-order valence-corrected chi connectivity index (χ3v) is 4.77. The molecule has 1 unspecified atom stereocenters. The van der Waals surface area contributed by atoms with E-state index in [0.29, 0.717) is 6.54 Å². The molecule has 0 radical (unpaired) electrons. The fraction of sp³-hybridized carbons (Fsp3) is 0.300. The smallest absolute Gasteiger partial charge is 0.0917 e. The summed E-state index contributed by atoms with van der Waals surface area (Å²) in [6.07, 6.45) is -0.478. The minimum atomic E-state index is -0.478. The van der Waals surface area contributed by atoms with Gasteiger partial charge in [-0.3, -0.25) is 0 Å². The van der Waals surface area contributed by atoms with Gasteiger partial charge < -0.3 is 10.0 Å². The number of aliphatic hydroxyl groups is 1. The van der Waals surface area contributed by atoms with E-state index in [4.69, 9.17) is 11.6 Å². The van der Waals surface area contributed by atoms with Crippen molar-refractivity contribution in [1.29, 1.82) is 0 Å². The normalized spacial score (nSPS) is 13.1. The Hall–Kier alpha value is -1.61. The largest absolute Gasteiger partial charge is 0.387 e. The molecule has 1 N–H and O–H groups in total. The Morgan fingerprint density at radius 1 is 0.913 bits per heavy atom. The molecule has 0 bridgehead atoms. The summed E-state index contributed by atoms with van der Waals surface area (Å²) in [5, 5.41) is 15.9. The fourth-order valence-corrected chi connectivity index (χ4v) is 3.25. The van der Waals surface area contributed by atoms with Crippen LogP contribution in [0.4, 0.5) is 0 Å². The Morgan fingerprint density at radius 3 is 2.13 bits per heavy atom. The van der Waals surface area contributed by atoms with E-state index in [1.165, 1.54) is 5.39 Å². The Morgan fingerprint density at radius 2 is 1.48 bits per heavy atom. The molecule has 3 aromatic carbocycles. The van der Waals surface area contributed by atoms with Crippen molar-refractivity contribution in [2.45, 2.75) is 20.0 Å². The molecule has 3 rings (SSSR count). The first-order chi connectivity index (χ1) is 11.1. The standard InChI is InChI=1S/C20H22ClNO/c1-3-22(4-2)13-20(23)16-8-7-14-5-6-15-9-10-17(21)12-19(15)18(14)11-16/h5-12,20,23H,3-4,13H2,1-2H3. The lowest BCUT2D eigenvalue weighted by molar-refractivity contribution is 0.119. The van der Waals surface area contributed by atoms with Gasteiger partial charge in [-0.1, -0.05) is 55.8 Å². The fourth-order valence-electron chi connectivity index (χ4n) is 3.08. The average molecular weight is 328 g/mol. The maximum absolute atomic E-state index is 10.6. The zero-order chi connectivity index (χ0) is 16.4. The van der Waals surface area contributed by atoms with Gasteiger partial charge in [0.05, 0.1) is 6.10 Å². The summed E-state index contributed by atoms with van der Waals surface area (Å²) in [6, 6.07) is 16.4. The van der Waals surface area contributed by atoms with Crippen LogP contribution in [0.3, 0.4) is 0 Å². The number of likely N-dealkylation sites (N-methyl/N-ethyl adjacent to an activating group) is 1. The van der Waals surface area contributed by atoms with Gasteiger partial charge in [-0.15, -0.1) is 0 Å². The van der Waals surface area contributed by atoms with Gasteiger partial charge in [-0.2, -0.15) is 0 Å². The molecule has 0 saturated carbocycles. The van der Waals surface area contributed by atoms with Gasteiger partial charge in [0, 0.05) is 11.6 Å². The van der Waals surface area contributed by atoms with Crippen molar-refractivity contribution >= 4 is 33.1 Å². The van der Waals surface area contributed by atoms with Crippen molar-refractivity contribution in [3.8, 4) is 0 Å². The van der Waals surface area contributed by atoms with E-state index in [2.05, 4.69) is 43.0 Å². The summed E-state index contributed by atoms with van der Waals surface area (Å²) in [5.74, 6) is 0. The predicted octanol–water partition coefficient (Wildman–Crippen LogP) is 5.02. The van der Waals surface area contributed by atoms with Crippen molar-refractivity contribution in [3.63, 3.8) is 0 Å². The molecule has 23 heavy (non-hydrogen) atoms. The van der Waals surface area contributed by atoms with Gasteiger partial charge in [-0.25, -0.2) is 0 Å². The number of hydrogen-bond donors (Lipinski definition) is 1. The van der Waals surface area contributed by atoms with E-state index in [9.17, 15) is 5.11 Å². The van der Waals surface area contributed by atoms with E-state index >= 15 is 0 Å². The lowest BCUT2D eigenvalue weighted by Crippen LogP contribution is -2.28. The molecule has 0 heterocycles. The maximum atomic E-state index is 10.6. The second-order valence-electron chi connectivity index (χ2n) is 5.91. The molecular weight excluding hydrogens is 306 g/mol. The van der Waals surface area contributed by atoms with Crippen LogP contribution in [-0.2, 0) is 0 Å². The van der Waals surface area contributed by atoms with Gasteiger partial charge in [0.1, 0.15) is 0 Å². The molecule has 0 aliphatic heterocycles. The van der Waals surface area contributed by atoms with Crippen LogP contribution in [0, 0.1) is 0 Å². The summed E-state index contributed by atoms with van der Waals surface area (Å²) in [7, 11) is 0. The molecule has 0 aliphatic rings. The Labute approximate surface area is 142 Å². The van der Waals surface area contributed by atoms with E-state index in [-0.39, 0.29) is 0 Å². The van der Waals surface area contributed by atoms with Crippen LogP contribution < -0.4 is 0 Å². The molecule has 0 fully saturated rings. The van der Waals surface area contributed by atoms with Crippen LogP contribution in [0.5, 0.6) is 0 Å². The van der Waals surface area contributed by atoms with Gasteiger partial charge in [0.2, 0.25) is 0 Å². The third kappa shape index (κ3) is 3.35. The van der Waals surface area contributed by atoms with Gasteiger partial charge in [0.25, 0.3) is 0 Å². The molecule has 0 saturated heterocycles. The number of halogens is 1. The lowest BCUT2D eigenvalue weighted by atomic mass is 9.98. The first-order valence-corrected chi connectivity index (χ1v) is 8.52. The minimum absolute atomic E-state index is 0.478. The number of rotatable bonds is 5. The van der Waals surface area contributed by atoms with Crippen LogP contribution in [-0.4, -0.2) is 29.6 Å². The third-order valence-electron chi connectivity index (χ3n) is 4.54. The van der Waals surface area contributed by atoms with Crippen molar-refractivity contribution < 1.29 is 5.11 Å². The van der Waals surface area contributed by atoms with Crippen LogP contribution in [0.1, 0.15) is 25.5 Å². The average Bonchev–Trinajstić information content (AvgIpc) is 2.58. The lowest BCUT2D eigenvalue weighted by Gasteiger charge is -2.22. The number of fused-ring (bicyclic) bond motifs is 3. The first-order valence-electron chi connectivity index (χ1n) is 8.14. The maximum Gasteiger partial charge on any atom is 0.0917 e. The summed E-state index contributed by atoms with van der Waals surface area (Å²) in [5.41, 5.74) is 0.955. The van der Waals surface area contributed by atoms with E-state index in [0.717, 1.165) is 39.8 Å². The molecule has 0 aliphatic carbocycles. The first kappa shape index (κ1) is 16.3. The van der Waals surface area contributed by atoms with Crippen molar-refractivity contribution in [2.24, 2.45) is 0 Å². The van der Waals surface area contributed by atoms with Crippen LogP contribution >= 0.6 is 11.6 Å². The Kier molecular flexibility index (Phi) is 4.86. The Bertz CT molecular complexity index is 826. The second-order valence-corrected chi connectivity index (χ2v) is 6.35. The molecule has 0 spiro atoms. The highest BCUT2D eigenvalue weighted by atomic mass is 35.5. The molecular formula is C20H22ClNO. The number of benzene rings is 3. The quantitative estimate of drug-likeness (QED) is 0.665. The zero-order valence-electron chi connectivity index (χ0n) is 13.6. The number of nitrogens with zero attached hydrogens (tertiary/aromatic N) is 1. The molecule has 1 atom stereocenters. The SMILES string of the molecule is CCN(CC)CC(O)c1ccc2ccc3ccc(Cl)cc3c2c1. The molecule has 3 heteroatoms. The van der Waals surface area contributed by atoms with Crippen LogP contribution in [0.25, 0.3) is 21.5 Å². The monoisotopic (exact) mass is 327 g/mol. The van der Waals surface area contributed by atoms with Gasteiger partial charge >= 0.3 is 0 Å². The number of aliphatic hydroxyl groups excluding tert-OH is 1. The van der Waals surface area contributed by atoms with Crippen molar-refractivity contribution in [2.75, 3.05) is 19.6 Å². The highest BCUT2D eigenvalue weighted by molar-refractivity contribution is 6.31. The second kappa shape index (κ2) is 6.88. The number of hydrogen-bond acceptors (Lipinski definition) is 2. The summed E-state index contributed by atoms with van der Waals surface area (Å²) >= 11 is 6.17. The van der Waals surface area contributed by atoms with Crippen molar-refractivity contribution in [1.82, 2.24) is 4.90 Å². The molecule has 120 valence electrons. The molecule has 3 aromatic rings. The predicted molar refractivity (Wildman–Crippen MR) is 99.2 cm³/mol. The minimum Gasteiger partial charge on any atom is -0.387 e. The van der Waals surface area contributed by atoms with Crippen LogP contribution in [0.2, 0.25) is 5.02 Å². The molecule has 0 aromatic heterocycles. The topological polar surface area (TPSA) is 23.5 Å².